The number of carboxylic acids is 1. The van der Waals surface area contributed by atoms with Gasteiger partial charge in [-0.25, -0.2) is 9.78 Å². The molecule has 0 aliphatic carbocycles. The zero-order valence-corrected chi connectivity index (χ0v) is 10.7. The van der Waals surface area contributed by atoms with Crippen LogP contribution in [-0.2, 0) is 0 Å². The Morgan fingerprint density at radius 2 is 2.11 bits per heavy atom. The smallest absolute Gasteiger partial charge is 0.339 e. The van der Waals surface area contributed by atoms with Crippen molar-refractivity contribution in [1.82, 2.24) is 4.98 Å². The highest BCUT2D eigenvalue weighted by molar-refractivity contribution is 7.12. The Morgan fingerprint density at radius 1 is 1.37 bits per heavy atom. The summed E-state index contributed by atoms with van der Waals surface area (Å²) in [5, 5.41) is 20.8. The molecule has 0 aliphatic rings. The summed E-state index contributed by atoms with van der Waals surface area (Å²) in [6, 6.07) is 3.85. The van der Waals surface area contributed by atoms with Gasteiger partial charge in [0.25, 0.3) is 5.91 Å². The summed E-state index contributed by atoms with van der Waals surface area (Å²) in [6.07, 6.45) is 0. The van der Waals surface area contributed by atoms with Crippen molar-refractivity contribution in [2.24, 2.45) is 0 Å². The minimum absolute atomic E-state index is 0.265. The number of carbonyl (C=O) groups excluding carboxylic acids is 1. The lowest BCUT2D eigenvalue weighted by atomic mass is 10.2. The molecule has 6 nitrogen and oxygen atoms in total. The third kappa shape index (κ3) is 2.71. The maximum atomic E-state index is 11.9. The van der Waals surface area contributed by atoms with Crippen molar-refractivity contribution in [3.8, 4) is 5.75 Å². The van der Waals surface area contributed by atoms with Gasteiger partial charge in [-0.3, -0.25) is 4.79 Å². The predicted octanol–water partition coefficient (Wildman–Crippen LogP) is 2.11. The van der Waals surface area contributed by atoms with Crippen molar-refractivity contribution < 1.29 is 19.8 Å². The van der Waals surface area contributed by atoms with Crippen LogP contribution < -0.4 is 5.32 Å². The van der Waals surface area contributed by atoms with Crippen LogP contribution in [-0.4, -0.2) is 27.1 Å². The molecule has 0 bridgehead atoms. The molecular weight excluding hydrogens is 268 g/mol. The zero-order chi connectivity index (χ0) is 14.0. The third-order valence-corrected chi connectivity index (χ3v) is 3.36. The fourth-order valence-corrected chi connectivity index (χ4v) is 2.19. The number of aryl methyl sites for hydroxylation is 1. The van der Waals surface area contributed by atoms with E-state index in [2.05, 4.69) is 10.3 Å². The highest BCUT2D eigenvalue weighted by Gasteiger charge is 2.14. The predicted molar refractivity (Wildman–Crippen MR) is 69.9 cm³/mol. The molecule has 0 spiro atoms. The van der Waals surface area contributed by atoms with Crippen LogP contribution >= 0.6 is 11.3 Å². The molecule has 19 heavy (non-hydrogen) atoms. The average molecular weight is 278 g/mol. The minimum Gasteiger partial charge on any atom is -0.507 e. The number of carbonyl (C=O) groups is 2. The molecule has 0 unspecified atom stereocenters. The number of hydrogen-bond donors (Lipinski definition) is 3. The van der Waals surface area contributed by atoms with Crippen molar-refractivity contribution in [2.75, 3.05) is 5.32 Å². The Morgan fingerprint density at radius 3 is 2.68 bits per heavy atom. The quantitative estimate of drug-likeness (QED) is 0.747. The van der Waals surface area contributed by atoms with Gasteiger partial charge in [-0.1, -0.05) is 0 Å². The van der Waals surface area contributed by atoms with Crippen molar-refractivity contribution >= 4 is 28.9 Å². The standard InChI is InChI=1S/C12H10N2O4S/c1-6-10(19-5-13-6)11(16)14-7-2-3-9(15)8(4-7)12(17)18/h2-5,15H,1H3,(H,14,16)(H,17,18). The Labute approximate surface area is 112 Å². The molecule has 1 heterocycles. The van der Waals surface area contributed by atoms with E-state index in [1.54, 1.807) is 12.4 Å². The maximum absolute atomic E-state index is 11.9. The first-order chi connectivity index (χ1) is 8.99. The number of hydrogen-bond acceptors (Lipinski definition) is 5. The molecule has 0 atom stereocenters. The van der Waals surface area contributed by atoms with Crippen molar-refractivity contribution in [3.63, 3.8) is 0 Å². The molecule has 0 fully saturated rings. The fraction of sp³-hybridized carbons (Fsp3) is 0.0833. The first kappa shape index (κ1) is 13.0. The van der Waals surface area contributed by atoms with Crippen LogP contribution in [0.25, 0.3) is 0 Å². The second-order valence-electron chi connectivity index (χ2n) is 3.76. The normalized spacial score (nSPS) is 10.2. The number of thiazole rings is 1. The molecule has 1 aromatic heterocycles. The van der Waals surface area contributed by atoms with Crippen LogP contribution in [0.5, 0.6) is 5.75 Å². The Bertz CT molecular complexity index is 651. The molecule has 7 heteroatoms. The van der Waals surface area contributed by atoms with Crippen LogP contribution in [0.15, 0.2) is 23.7 Å². The highest BCUT2D eigenvalue weighted by atomic mass is 32.1. The van der Waals surface area contributed by atoms with E-state index in [-0.39, 0.29) is 17.2 Å². The van der Waals surface area contributed by atoms with Gasteiger partial charge in [-0.2, -0.15) is 0 Å². The summed E-state index contributed by atoms with van der Waals surface area (Å²) in [6.45, 7) is 1.71. The summed E-state index contributed by atoms with van der Waals surface area (Å²) >= 11 is 1.20. The second kappa shape index (κ2) is 5.07. The van der Waals surface area contributed by atoms with E-state index in [0.717, 1.165) is 0 Å². The van der Waals surface area contributed by atoms with Gasteiger partial charge in [0, 0.05) is 5.69 Å². The number of aromatic carboxylic acids is 1. The number of carboxylic acid groups (broad SMARTS) is 1. The Kier molecular flexibility index (Phi) is 3.48. The number of rotatable bonds is 3. The monoisotopic (exact) mass is 278 g/mol. The van der Waals surface area contributed by atoms with Crippen LogP contribution in [0.4, 0.5) is 5.69 Å². The first-order valence-electron chi connectivity index (χ1n) is 5.27. The fourth-order valence-electron chi connectivity index (χ4n) is 1.49. The average Bonchev–Trinajstić information content (AvgIpc) is 2.77. The van der Waals surface area contributed by atoms with Crippen molar-refractivity contribution in [3.05, 3.63) is 39.8 Å². The van der Waals surface area contributed by atoms with E-state index < -0.39 is 5.97 Å². The van der Waals surface area contributed by atoms with Crippen molar-refractivity contribution in [1.29, 1.82) is 0 Å². The molecule has 98 valence electrons. The summed E-state index contributed by atoms with van der Waals surface area (Å²) in [7, 11) is 0. The van der Waals surface area contributed by atoms with Crippen molar-refractivity contribution in [2.45, 2.75) is 6.92 Å². The molecular formula is C12H10N2O4S. The lowest BCUT2D eigenvalue weighted by Gasteiger charge is -2.06. The topological polar surface area (TPSA) is 99.5 Å². The SMILES string of the molecule is Cc1ncsc1C(=O)Nc1ccc(O)c(C(=O)O)c1. The molecule has 2 rings (SSSR count). The van der Waals surface area contributed by atoms with E-state index in [1.165, 1.54) is 29.5 Å². The van der Waals surface area contributed by atoms with Gasteiger partial charge in [0.1, 0.15) is 16.2 Å². The number of benzene rings is 1. The molecule has 1 aromatic carbocycles. The lowest BCUT2D eigenvalue weighted by Crippen LogP contribution is -2.12. The van der Waals surface area contributed by atoms with Gasteiger partial charge in [-0.05, 0) is 25.1 Å². The minimum atomic E-state index is -1.26. The summed E-state index contributed by atoms with van der Waals surface area (Å²) in [5.41, 5.74) is 2.20. The van der Waals surface area contributed by atoms with Crippen LogP contribution in [0.3, 0.4) is 0 Å². The van der Waals surface area contributed by atoms with Crippen LogP contribution in [0.2, 0.25) is 0 Å². The number of nitrogens with zero attached hydrogens (tertiary/aromatic N) is 1. The lowest BCUT2D eigenvalue weighted by molar-refractivity contribution is 0.0693. The van der Waals surface area contributed by atoms with Gasteiger partial charge in [-0.15, -0.1) is 11.3 Å². The number of nitrogens with one attached hydrogen (secondary N) is 1. The first-order valence-corrected chi connectivity index (χ1v) is 6.14. The van der Waals surface area contributed by atoms with E-state index in [0.29, 0.717) is 16.3 Å². The van der Waals surface area contributed by atoms with Gasteiger partial charge >= 0.3 is 5.97 Å². The second-order valence-corrected chi connectivity index (χ2v) is 4.61. The molecule has 0 radical (unpaired) electrons. The summed E-state index contributed by atoms with van der Waals surface area (Å²) < 4.78 is 0. The van der Waals surface area contributed by atoms with Gasteiger partial charge in [0.2, 0.25) is 0 Å². The van der Waals surface area contributed by atoms with E-state index in [1.807, 2.05) is 0 Å². The summed E-state index contributed by atoms with van der Waals surface area (Å²) in [5.74, 6) is -1.97. The maximum Gasteiger partial charge on any atom is 0.339 e. The molecule has 0 saturated carbocycles. The zero-order valence-electron chi connectivity index (χ0n) is 9.88. The number of aromatic nitrogens is 1. The van der Waals surface area contributed by atoms with Crippen LogP contribution in [0, 0.1) is 6.92 Å². The Hall–Kier alpha value is -2.41. The van der Waals surface area contributed by atoms with E-state index >= 15 is 0 Å². The molecule has 0 aliphatic heterocycles. The molecule has 3 N–H and O–H groups in total. The Balaban J connectivity index is 2.25. The number of aromatic hydroxyl groups is 1. The molecule has 0 saturated heterocycles. The van der Waals surface area contributed by atoms with Gasteiger partial charge < -0.3 is 15.5 Å². The number of phenols is 1. The number of amides is 1. The number of anilines is 1. The third-order valence-electron chi connectivity index (χ3n) is 2.44. The van der Waals surface area contributed by atoms with Crippen LogP contribution in [0.1, 0.15) is 25.7 Å². The van der Waals surface area contributed by atoms with Gasteiger partial charge in [0.15, 0.2) is 0 Å². The summed E-state index contributed by atoms with van der Waals surface area (Å²) in [4.78, 5) is 27.2. The van der Waals surface area contributed by atoms with Gasteiger partial charge in [0.05, 0.1) is 11.2 Å². The molecule has 2 aromatic rings. The van der Waals surface area contributed by atoms with E-state index in [9.17, 15) is 14.7 Å². The van der Waals surface area contributed by atoms with E-state index in [4.69, 9.17) is 5.11 Å². The highest BCUT2D eigenvalue weighted by Crippen LogP contribution is 2.22. The molecule has 1 amide bonds. The largest absolute Gasteiger partial charge is 0.507 e.